The van der Waals surface area contributed by atoms with Crippen LogP contribution in [-0.2, 0) is 22.4 Å². The zero-order valence-electron chi connectivity index (χ0n) is 16.3. The summed E-state index contributed by atoms with van der Waals surface area (Å²) in [6.45, 7) is 0. The van der Waals surface area contributed by atoms with E-state index in [1.54, 1.807) is 6.07 Å². The summed E-state index contributed by atoms with van der Waals surface area (Å²) in [7, 11) is -3.24. The molecule has 2 N–H and O–H groups in total. The fraction of sp³-hybridized carbons (Fsp3) is 0.143. The second-order valence-corrected chi connectivity index (χ2v) is 8.28. The van der Waals surface area contributed by atoms with Crippen LogP contribution in [0.25, 0.3) is 22.3 Å². The Labute approximate surface area is 179 Å². The van der Waals surface area contributed by atoms with Crippen LogP contribution >= 0.6 is 0 Å². The molecule has 32 heavy (non-hydrogen) atoms. The van der Waals surface area contributed by atoms with Gasteiger partial charge in [-0.15, -0.1) is 0 Å². The molecule has 4 nitrogen and oxygen atoms in total. The summed E-state index contributed by atoms with van der Waals surface area (Å²) in [6, 6.07) is 12.1. The van der Waals surface area contributed by atoms with E-state index < -0.39 is 39.3 Å². The highest BCUT2D eigenvalue weighted by Crippen LogP contribution is 2.47. The van der Waals surface area contributed by atoms with E-state index in [0.29, 0.717) is 23.3 Å². The summed E-state index contributed by atoms with van der Waals surface area (Å²) in [6.07, 6.45) is -10.2. The van der Waals surface area contributed by atoms with Gasteiger partial charge in [-0.3, -0.25) is 0 Å². The predicted octanol–water partition coefficient (Wildman–Crippen LogP) is 5.71. The molecule has 0 amide bonds. The van der Waals surface area contributed by atoms with Crippen LogP contribution < -0.4 is 9.88 Å². The Morgan fingerprint density at radius 3 is 1.56 bits per heavy atom. The van der Waals surface area contributed by atoms with Crippen LogP contribution in [0.1, 0.15) is 11.1 Å². The molecule has 0 unspecified atom stereocenters. The summed E-state index contributed by atoms with van der Waals surface area (Å²) in [4.78, 5) is -0.193. The number of rotatable bonds is 4. The quantitative estimate of drug-likeness (QED) is 0.491. The summed E-state index contributed by atoms with van der Waals surface area (Å²) < 4.78 is 109. The number of alkyl halides is 6. The van der Waals surface area contributed by atoms with Crippen LogP contribution in [0, 0.1) is 0 Å². The highest BCUT2D eigenvalue weighted by molar-refractivity contribution is 7.89. The maximum Gasteiger partial charge on any atom is 0.420 e. The fourth-order valence-corrected chi connectivity index (χ4v) is 3.75. The van der Waals surface area contributed by atoms with Gasteiger partial charge in [0, 0.05) is 0 Å². The Hall–Kier alpha value is -3.05. The van der Waals surface area contributed by atoms with Crippen LogP contribution in [0.4, 0.5) is 26.3 Å². The molecule has 0 heterocycles. The van der Waals surface area contributed by atoms with E-state index >= 15 is 0 Å². The van der Waals surface area contributed by atoms with E-state index in [2.05, 4.69) is 4.74 Å². The average Bonchev–Trinajstić information content (AvgIpc) is 2.71. The topological polar surface area (TPSA) is 69.4 Å². The van der Waals surface area contributed by atoms with Crippen molar-refractivity contribution in [2.24, 2.45) is 5.14 Å². The van der Waals surface area contributed by atoms with E-state index in [-0.39, 0.29) is 16.0 Å². The molecule has 3 rings (SSSR count). The maximum absolute atomic E-state index is 13.6. The monoisotopic (exact) mass is 475 g/mol. The summed E-state index contributed by atoms with van der Waals surface area (Å²) in [5.74, 6) is -1.32. The summed E-state index contributed by atoms with van der Waals surface area (Å²) in [5, 5.41) is 5.06. The van der Waals surface area contributed by atoms with Gasteiger partial charge in [-0.1, -0.05) is 36.4 Å². The van der Waals surface area contributed by atoms with Crippen LogP contribution in [0.2, 0.25) is 0 Å². The van der Waals surface area contributed by atoms with E-state index in [0.717, 1.165) is 7.11 Å². The fourth-order valence-electron chi connectivity index (χ4n) is 3.24. The molecule has 0 bridgehead atoms. The number of hydrogen-bond donors (Lipinski definition) is 1. The van der Waals surface area contributed by atoms with Crippen LogP contribution in [0.5, 0.6) is 5.75 Å². The van der Waals surface area contributed by atoms with Gasteiger partial charge in [0.15, 0.2) is 0 Å². The second-order valence-electron chi connectivity index (χ2n) is 6.72. The smallest absolute Gasteiger partial charge is 0.420 e. The number of ether oxygens (including phenoxy) is 1. The molecule has 11 heteroatoms. The Balaban J connectivity index is 2.28. The molecule has 0 aliphatic rings. The van der Waals surface area contributed by atoms with E-state index in [1.807, 2.05) is 0 Å². The van der Waals surface area contributed by atoms with Gasteiger partial charge in [0.1, 0.15) is 5.75 Å². The van der Waals surface area contributed by atoms with Crippen LogP contribution in [-0.4, -0.2) is 15.5 Å². The third-order valence-electron chi connectivity index (χ3n) is 4.64. The standard InChI is InChI=1S/C21H15F6NO3S/c1-31-19-17(20(22,23)24)10-13(11-18(19)21(25,26)27)16-5-3-2-4-15(16)12-6-8-14(9-7-12)32(28,29)30/h2-11H,1H3,(H2,28,29,30). The number of halogens is 6. The van der Waals surface area contributed by atoms with Gasteiger partial charge in [-0.2, -0.15) is 26.3 Å². The maximum atomic E-state index is 13.6. The Bertz CT molecular complexity index is 1210. The minimum atomic E-state index is -5.10. The molecule has 0 atom stereocenters. The largest absolute Gasteiger partial charge is 0.495 e. The van der Waals surface area contributed by atoms with Crippen molar-refractivity contribution in [2.75, 3.05) is 7.11 Å². The van der Waals surface area contributed by atoms with Crippen LogP contribution in [0.3, 0.4) is 0 Å². The second kappa shape index (κ2) is 8.14. The Morgan fingerprint density at radius 2 is 1.19 bits per heavy atom. The molecule has 3 aromatic rings. The lowest BCUT2D eigenvalue weighted by atomic mass is 9.91. The van der Waals surface area contributed by atoms with E-state index in [4.69, 9.17) is 5.14 Å². The first-order valence-corrected chi connectivity index (χ1v) is 10.4. The molecule has 170 valence electrons. The summed E-state index contributed by atoms with van der Waals surface area (Å²) in [5.41, 5.74) is -2.73. The zero-order valence-corrected chi connectivity index (χ0v) is 17.1. The zero-order chi connectivity index (χ0) is 23.9. The van der Waals surface area contributed by atoms with Crippen molar-refractivity contribution in [1.82, 2.24) is 0 Å². The van der Waals surface area contributed by atoms with Crippen molar-refractivity contribution in [3.8, 4) is 28.0 Å². The van der Waals surface area contributed by atoms with Crippen molar-refractivity contribution in [2.45, 2.75) is 17.2 Å². The number of methoxy groups -OCH3 is 1. The molecule has 0 aliphatic heterocycles. The van der Waals surface area contributed by atoms with Gasteiger partial charge >= 0.3 is 12.4 Å². The average molecular weight is 475 g/mol. The number of primary sulfonamides is 1. The van der Waals surface area contributed by atoms with Crippen LogP contribution in [0.15, 0.2) is 65.6 Å². The Kier molecular flexibility index (Phi) is 6.00. The molecular formula is C21H15F6NO3S. The molecular weight excluding hydrogens is 460 g/mol. The third kappa shape index (κ3) is 4.73. The molecule has 3 aromatic carbocycles. The molecule has 0 radical (unpaired) electrons. The molecule has 0 fully saturated rings. The van der Waals surface area contributed by atoms with Gasteiger partial charge in [-0.25, -0.2) is 13.6 Å². The normalized spacial score (nSPS) is 12.6. The number of benzene rings is 3. The van der Waals surface area contributed by atoms with Gasteiger partial charge < -0.3 is 4.74 Å². The lowest BCUT2D eigenvalue weighted by Gasteiger charge is -2.20. The first-order chi connectivity index (χ1) is 14.7. The minimum absolute atomic E-state index is 0.0782. The molecule has 0 aromatic heterocycles. The number of nitrogens with two attached hydrogens (primary N) is 1. The highest BCUT2D eigenvalue weighted by Gasteiger charge is 2.42. The van der Waals surface area contributed by atoms with E-state index in [9.17, 15) is 34.8 Å². The van der Waals surface area contributed by atoms with Gasteiger partial charge in [0.05, 0.1) is 23.1 Å². The van der Waals surface area contributed by atoms with Gasteiger partial charge in [-0.05, 0) is 46.5 Å². The number of sulfonamides is 1. The van der Waals surface area contributed by atoms with Crippen molar-refractivity contribution in [3.05, 3.63) is 71.8 Å². The summed E-state index contributed by atoms with van der Waals surface area (Å²) >= 11 is 0. The lowest BCUT2D eigenvalue weighted by molar-refractivity contribution is -0.145. The Morgan fingerprint density at radius 1 is 0.750 bits per heavy atom. The van der Waals surface area contributed by atoms with Gasteiger partial charge in [0.25, 0.3) is 0 Å². The first kappa shape index (κ1) is 23.6. The molecule has 0 saturated heterocycles. The molecule has 0 aliphatic carbocycles. The first-order valence-electron chi connectivity index (χ1n) is 8.82. The van der Waals surface area contributed by atoms with Gasteiger partial charge in [0.2, 0.25) is 10.0 Å². The SMILES string of the molecule is COc1c(C(F)(F)F)cc(-c2ccccc2-c2ccc(S(N)(=O)=O)cc2)cc1C(F)(F)F. The molecule has 0 saturated carbocycles. The lowest BCUT2D eigenvalue weighted by Crippen LogP contribution is -2.14. The van der Waals surface area contributed by atoms with Crippen molar-refractivity contribution in [1.29, 1.82) is 0 Å². The third-order valence-corrected chi connectivity index (χ3v) is 5.57. The van der Waals surface area contributed by atoms with E-state index in [1.165, 1.54) is 42.5 Å². The van der Waals surface area contributed by atoms with Crippen molar-refractivity contribution in [3.63, 3.8) is 0 Å². The number of hydrogen-bond acceptors (Lipinski definition) is 3. The highest BCUT2D eigenvalue weighted by atomic mass is 32.2. The minimum Gasteiger partial charge on any atom is -0.495 e. The van der Waals surface area contributed by atoms with Crippen molar-refractivity contribution < 1.29 is 39.5 Å². The molecule has 0 spiro atoms. The van der Waals surface area contributed by atoms with Crippen molar-refractivity contribution >= 4 is 10.0 Å². The predicted molar refractivity (Wildman–Crippen MR) is 105 cm³/mol.